The first-order chi connectivity index (χ1) is 11.1. The van der Waals surface area contributed by atoms with Gasteiger partial charge in [-0.3, -0.25) is 4.79 Å². The quantitative estimate of drug-likeness (QED) is 0.445. The molecule has 8 nitrogen and oxygen atoms in total. The van der Waals surface area contributed by atoms with Crippen molar-refractivity contribution in [3.8, 4) is 0 Å². The number of urea groups is 1. The van der Waals surface area contributed by atoms with E-state index in [2.05, 4.69) is 16.0 Å². The molecular formula is C16H33N3O5Si. The van der Waals surface area contributed by atoms with Gasteiger partial charge in [0.2, 0.25) is 5.91 Å². The first-order valence-corrected chi connectivity index (χ1v) is 10.4. The van der Waals surface area contributed by atoms with Crippen molar-refractivity contribution in [2.45, 2.75) is 79.0 Å². The van der Waals surface area contributed by atoms with Crippen LogP contribution in [0, 0.1) is 5.92 Å². The number of hydrogen-bond acceptors (Lipinski definition) is 5. The molecule has 9 heteroatoms. The molecule has 0 aromatic heterocycles. The molecule has 3 amide bonds. The fourth-order valence-corrected chi connectivity index (χ4v) is 4.42. The second-order valence-electron chi connectivity index (χ2n) is 7.75. The van der Waals surface area contributed by atoms with Crippen molar-refractivity contribution < 1.29 is 22.9 Å². The van der Waals surface area contributed by atoms with Gasteiger partial charge in [-0.05, 0) is 39.5 Å². The molecule has 0 saturated carbocycles. The van der Waals surface area contributed by atoms with Crippen molar-refractivity contribution in [3.05, 3.63) is 0 Å². The molecule has 1 atom stereocenters. The molecule has 146 valence electrons. The zero-order chi connectivity index (χ0) is 18.0. The van der Waals surface area contributed by atoms with Crippen LogP contribution in [-0.2, 0) is 18.1 Å². The summed E-state index contributed by atoms with van der Waals surface area (Å²) in [6.45, 7) is 9.80. The molecule has 0 spiro atoms. The number of rotatable bonds is 8. The van der Waals surface area contributed by atoms with E-state index in [1.54, 1.807) is 0 Å². The molecule has 25 heavy (non-hydrogen) atoms. The van der Waals surface area contributed by atoms with Crippen molar-refractivity contribution >= 4 is 20.7 Å². The zero-order valence-electron chi connectivity index (χ0n) is 15.1. The molecule has 3 aliphatic heterocycles. The van der Waals surface area contributed by atoms with Gasteiger partial charge in [0.15, 0.2) is 0 Å². The minimum absolute atomic E-state index is 0. The predicted molar refractivity (Wildman–Crippen MR) is 96.6 cm³/mol. The maximum Gasteiger partial charge on any atom is 0.511 e. The summed E-state index contributed by atoms with van der Waals surface area (Å²) < 4.78 is 16.0. The lowest BCUT2D eigenvalue weighted by Gasteiger charge is -2.55. The Kier molecular flexibility index (Phi) is 7.42. The van der Waals surface area contributed by atoms with Crippen molar-refractivity contribution in [1.82, 2.24) is 16.0 Å². The van der Waals surface area contributed by atoms with Crippen molar-refractivity contribution in [2.75, 3.05) is 6.54 Å². The Bertz CT molecular complexity index is 464. The average Bonchev–Trinajstić information content (AvgIpc) is 2.30. The van der Waals surface area contributed by atoms with Crippen LogP contribution in [0.2, 0.25) is 6.04 Å². The lowest BCUT2D eigenvalue weighted by atomic mass is 10.0. The van der Waals surface area contributed by atoms with Gasteiger partial charge >= 0.3 is 14.8 Å². The Morgan fingerprint density at radius 3 is 2.20 bits per heavy atom. The fraction of sp³-hybridized carbons (Fsp3) is 0.875. The Hall–Kier alpha value is -1.16. The highest BCUT2D eigenvalue weighted by molar-refractivity contribution is 6.65. The van der Waals surface area contributed by atoms with Crippen LogP contribution < -0.4 is 16.0 Å². The van der Waals surface area contributed by atoms with Gasteiger partial charge < -0.3 is 29.2 Å². The highest BCUT2D eigenvalue weighted by Crippen LogP contribution is 2.43. The minimum Gasteiger partial charge on any atom is -0.354 e. The molecule has 0 radical (unpaired) electrons. The maximum absolute atomic E-state index is 12.4. The summed E-state index contributed by atoms with van der Waals surface area (Å²) in [5.41, 5.74) is -0.351. The molecular weight excluding hydrogens is 342 g/mol. The van der Waals surface area contributed by atoms with Gasteiger partial charge in [-0.1, -0.05) is 21.3 Å². The summed E-state index contributed by atoms with van der Waals surface area (Å²) >= 11 is 0. The lowest BCUT2D eigenvalue weighted by molar-refractivity contribution is -0.392. The highest BCUT2D eigenvalue weighted by atomic mass is 28.4. The predicted octanol–water partition coefficient (Wildman–Crippen LogP) is 1.94. The van der Waals surface area contributed by atoms with Crippen LogP contribution >= 0.6 is 0 Å². The molecule has 3 rings (SSSR count). The summed E-state index contributed by atoms with van der Waals surface area (Å²) in [7, 11) is -2.26. The smallest absolute Gasteiger partial charge is 0.354 e. The van der Waals surface area contributed by atoms with Gasteiger partial charge in [0.25, 0.3) is 6.48 Å². The normalized spacial score (nSPS) is 25.1. The Morgan fingerprint density at radius 2 is 1.76 bits per heavy atom. The average molecular weight is 376 g/mol. The monoisotopic (exact) mass is 375 g/mol. The van der Waals surface area contributed by atoms with Gasteiger partial charge in [-0.25, -0.2) is 4.79 Å². The molecule has 2 bridgehead atoms. The van der Waals surface area contributed by atoms with E-state index in [-0.39, 0.29) is 24.9 Å². The standard InChI is InChI=1S/C15H29N3O5Si.CH4/c1-10(2)9-11(17-13(20)18-15(3,4)5)12(19)16-7-6-8-24-21-14(22-24)23-24;/h10-11,14H,6-9H2,1-5H3,(H,16,19)(H2,17,18,20);1H4/t11-,14?,24?;/m0./s1. The number of carbonyl (C=O) groups excluding carboxylic acids is 2. The summed E-state index contributed by atoms with van der Waals surface area (Å²) in [5, 5.41) is 8.44. The van der Waals surface area contributed by atoms with Crippen LogP contribution in [0.1, 0.15) is 54.9 Å². The van der Waals surface area contributed by atoms with Crippen molar-refractivity contribution in [2.24, 2.45) is 5.92 Å². The maximum atomic E-state index is 12.4. The second kappa shape index (κ2) is 8.48. The van der Waals surface area contributed by atoms with Gasteiger partial charge in [0.05, 0.1) is 0 Å². The van der Waals surface area contributed by atoms with Crippen molar-refractivity contribution in [1.29, 1.82) is 0 Å². The Morgan fingerprint density at radius 1 is 1.16 bits per heavy atom. The van der Waals surface area contributed by atoms with E-state index in [9.17, 15) is 9.59 Å². The first kappa shape index (κ1) is 21.9. The van der Waals surface area contributed by atoms with E-state index in [1.807, 2.05) is 34.6 Å². The van der Waals surface area contributed by atoms with E-state index < -0.39 is 21.3 Å². The van der Waals surface area contributed by atoms with Gasteiger partial charge in [-0.2, -0.15) is 0 Å². The SMILES string of the molecule is C.CC(C)C[C@H](NC(=O)NC(C)(C)C)C(=O)NCCC[Si]12OC(O1)O2. The van der Waals surface area contributed by atoms with Crippen LogP contribution in [0.4, 0.5) is 4.79 Å². The lowest BCUT2D eigenvalue weighted by Crippen LogP contribution is -2.76. The van der Waals surface area contributed by atoms with Crippen LogP contribution in [0.15, 0.2) is 0 Å². The topological polar surface area (TPSA) is 97.9 Å². The van der Waals surface area contributed by atoms with E-state index >= 15 is 0 Å². The summed E-state index contributed by atoms with van der Waals surface area (Å²) in [6, 6.07) is -0.181. The van der Waals surface area contributed by atoms with E-state index in [4.69, 9.17) is 13.3 Å². The van der Waals surface area contributed by atoms with E-state index in [1.165, 1.54) is 0 Å². The molecule has 0 aromatic rings. The fourth-order valence-electron chi connectivity index (χ4n) is 2.52. The van der Waals surface area contributed by atoms with Gasteiger partial charge in [0, 0.05) is 18.1 Å². The zero-order valence-corrected chi connectivity index (χ0v) is 16.1. The first-order valence-electron chi connectivity index (χ1n) is 8.48. The number of hydrogen-bond donors (Lipinski definition) is 3. The molecule has 0 unspecified atom stereocenters. The van der Waals surface area contributed by atoms with Gasteiger partial charge in [0.1, 0.15) is 6.04 Å². The number of nitrogens with one attached hydrogen (secondary N) is 3. The minimum atomic E-state index is -2.26. The van der Waals surface area contributed by atoms with Crippen LogP contribution in [0.5, 0.6) is 0 Å². The molecule has 3 heterocycles. The molecule has 3 N–H and O–H groups in total. The third-order valence-electron chi connectivity index (χ3n) is 3.60. The molecule has 3 fully saturated rings. The number of carbonyl (C=O) groups is 2. The van der Waals surface area contributed by atoms with Crippen molar-refractivity contribution in [3.63, 3.8) is 0 Å². The third-order valence-corrected chi connectivity index (χ3v) is 6.22. The molecule has 0 aliphatic carbocycles. The Labute approximate surface area is 151 Å². The molecule has 3 saturated heterocycles. The van der Waals surface area contributed by atoms with Gasteiger partial charge in [-0.15, -0.1) is 0 Å². The van der Waals surface area contributed by atoms with E-state index in [0.29, 0.717) is 24.9 Å². The third kappa shape index (κ3) is 6.57. The molecule has 3 aliphatic rings. The largest absolute Gasteiger partial charge is 0.511 e. The Balaban J connectivity index is 0.00000312. The summed E-state index contributed by atoms with van der Waals surface area (Å²) in [4.78, 5) is 24.4. The van der Waals surface area contributed by atoms with Crippen LogP contribution in [0.3, 0.4) is 0 Å². The van der Waals surface area contributed by atoms with E-state index in [0.717, 1.165) is 6.42 Å². The summed E-state index contributed by atoms with van der Waals surface area (Å²) in [5.74, 6) is 0.119. The van der Waals surface area contributed by atoms with Crippen LogP contribution in [0.25, 0.3) is 0 Å². The highest BCUT2D eigenvalue weighted by Gasteiger charge is 2.68. The van der Waals surface area contributed by atoms with Crippen LogP contribution in [-0.4, -0.2) is 45.3 Å². The summed E-state index contributed by atoms with van der Waals surface area (Å²) in [6.07, 6.45) is 1.31. The second-order valence-corrected chi connectivity index (χ2v) is 10.3. The molecule has 0 aromatic carbocycles. The number of amides is 3.